The summed E-state index contributed by atoms with van der Waals surface area (Å²) < 4.78 is 28.1. The number of hydrogen-bond acceptors (Lipinski definition) is 3. The summed E-state index contributed by atoms with van der Waals surface area (Å²) in [6, 6.07) is 0.993. The fourth-order valence-corrected chi connectivity index (χ4v) is 2.30. The number of rotatable bonds is 5. The summed E-state index contributed by atoms with van der Waals surface area (Å²) in [6.07, 6.45) is 3.68. The SMILES string of the molecule is C=CC[C@H](N[S+]([O-])C(C)(C)C)c1cnc(Cl)c(F)c1. The van der Waals surface area contributed by atoms with Crippen molar-refractivity contribution in [3.63, 3.8) is 0 Å². The second kappa shape index (κ2) is 6.70. The maximum Gasteiger partial charge on any atom is 0.164 e. The van der Waals surface area contributed by atoms with Crippen molar-refractivity contribution in [1.29, 1.82) is 0 Å². The number of pyridine rings is 1. The van der Waals surface area contributed by atoms with Crippen LogP contribution in [0.25, 0.3) is 0 Å². The quantitative estimate of drug-likeness (QED) is 0.514. The zero-order chi connectivity index (χ0) is 14.6. The summed E-state index contributed by atoms with van der Waals surface area (Å²) in [5.74, 6) is -0.587. The Hall–Kier alpha value is -0.620. The summed E-state index contributed by atoms with van der Waals surface area (Å²) in [6.45, 7) is 9.24. The van der Waals surface area contributed by atoms with Crippen molar-refractivity contribution in [2.24, 2.45) is 0 Å². The lowest BCUT2D eigenvalue weighted by Crippen LogP contribution is -2.41. The van der Waals surface area contributed by atoms with Crippen molar-refractivity contribution in [3.05, 3.63) is 41.5 Å². The molecule has 0 aliphatic carbocycles. The third kappa shape index (κ3) is 4.76. The summed E-state index contributed by atoms with van der Waals surface area (Å²) in [4.78, 5) is 3.77. The van der Waals surface area contributed by atoms with Crippen molar-refractivity contribution in [1.82, 2.24) is 9.71 Å². The van der Waals surface area contributed by atoms with Crippen molar-refractivity contribution in [2.45, 2.75) is 38.0 Å². The molecule has 1 heterocycles. The van der Waals surface area contributed by atoms with Crippen LogP contribution in [-0.2, 0) is 11.4 Å². The van der Waals surface area contributed by atoms with Crippen molar-refractivity contribution in [3.8, 4) is 0 Å². The Bertz CT molecular complexity index is 451. The summed E-state index contributed by atoms with van der Waals surface area (Å²) in [5.41, 5.74) is 0.597. The second-order valence-electron chi connectivity index (χ2n) is 5.12. The normalized spacial score (nSPS) is 15.1. The van der Waals surface area contributed by atoms with Gasteiger partial charge >= 0.3 is 0 Å². The average molecular weight is 305 g/mol. The van der Waals surface area contributed by atoms with Gasteiger partial charge in [-0.15, -0.1) is 11.3 Å². The van der Waals surface area contributed by atoms with E-state index in [-0.39, 0.29) is 11.2 Å². The van der Waals surface area contributed by atoms with E-state index in [4.69, 9.17) is 11.6 Å². The van der Waals surface area contributed by atoms with Gasteiger partial charge in [0.2, 0.25) is 0 Å². The molecule has 19 heavy (non-hydrogen) atoms. The van der Waals surface area contributed by atoms with Crippen LogP contribution in [0.2, 0.25) is 5.15 Å². The first-order valence-electron chi connectivity index (χ1n) is 5.85. The van der Waals surface area contributed by atoms with Crippen molar-refractivity contribution in [2.75, 3.05) is 0 Å². The van der Waals surface area contributed by atoms with E-state index in [2.05, 4.69) is 16.3 Å². The Kier molecular flexibility index (Phi) is 5.80. The molecule has 0 spiro atoms. The average Bonchev–Trinajstić information content (AvgIpc) is 2.31. The molecule has 1 unspecified atom stereocenters. The topological polar surface area (TPSA) is 48.0 Å². The molecule has 1 rings (SSSR count). The molecule has 0 bridgehead atoms. The molecule has 2 atom stereocenters. The van der Waals surface area contributed by atoms with Gasteiger partial charge in [0.15, 0.2) is 11.0 Å². The van der Waals surface area contributed by atoms with Crippen LogP contribution in [0.4, 0.5) is 4.39 Å². The highest BCUT2D eigenvalue weighted by molar-refractivity contribution is 7.90. The molecule has 0 saturated heterocycles. The lowest BCUT2D eigenvalue weighted by molar-refractivity contribution is 0.522. The number of halogens is 2. The molecule has 0 aliphatic heterocycles. The van der Waals surface area contributed by atoms with Crippen LogP contribution in [0.5, 0.6) is 0 Å². The van der Waals surface area contributed by atoms with Gasteiger partial charge in [-0.1, -0.05) is 17.7 Å². The van der Waals surface area contributed by atoms with Crippen molar-refractivity contribution < 1.29 is 8.94 Å². The molecule has 1 N–H and O–H groups in total. The minimum Gasteiger partial charge on any atom is -0.598 e. The minimum atomic E-state index is -1.26. The van der Waals surface area contributed by atoms with Gasteiger partial charge in [0, 0.05) is 17.6 Å². The van der Waals surface area contributed by atoms with Crippen LogP contribution in [0.15, 0.2) is 24.9 Å². The summed E-state index contributed by atoms with van der Waals surface area (Å²) in [5, 5.41) is -0.168. The predicted molar refractivity (Wildman–Crippen MR) is 77.8 cm³/mol. The first kappa shape index (κ1) is 16.4. The standard InChI is InChI=1S/C13H18ClFN2OS/c1-5-6-11(17-19(18)13(2,3)4)9-7-10(15)12(14)16-8-9/h5,7-8,11,17H,1,6H2,2-4H3/t11-,19?/m0/s1. The first-order valence-corrected chi connectivity index (χ1v) is 7.38. The van der Waals surface area contributed by atoms with Crippen LogP contribution in [0.3, 0.4) is 0 Å². The molecule has 0 saturated carbocycles. The van der Waals surface area contributed by atoms with Gasteiger partial charge in [-0.25, -0.2) is 9.37 Å². The maximum absolute atomic E-state index is 13.4. The lowest BCUT2D eigenvalue weighted by Gasteiger charge is -2.27. The Balaban J connectivity index is 2.93. The summed E-state index contributed by atoms with van der Waals surface area (Å²) in [7, 11) is 0. The fourth-order valence-electron chi connectivity index (χ4n) is 1.35. The number of nitrogens with zero attached hydrogens (tertiary/aromatic N) is 1. The van der Waals surface area contributed by atoms with E-state index in [1.165, 1.54) is 12.3 Å². The molecular formula is C13H18ClFN2OS. The van der Waals surface area contributed by atoms with E-state index in [1.807, 2.05) is 20.8 Å². The minimum absolute atomic E-state index is 0.168. The number of nitrogens with one attached hydrogen (secondary N) is 1. The molecule has 0 aliphatic rings. The van der Waals surface area contributed by atoms with Gasteiger partial charge < -0.3 is 4.55 Å². The van der Waals surface area contributed by atoms with Gasteiger partial charge in [0.25, 0.3) is 0 Å². The van der Waals surface area contributed by atoms with E-state index in [0.29, 0.717) is 12.0 Å². The highest BCUT2D eigenvalue weighted by Crippen LogP contribution is 2.24. The molecule has 0 fully saturated rings. The third-order valence-electron chi connectivity index (χ3n) is 2.43. The number of hydrogen-bond donors (Lipinski definition) is 1. The Morgan fingerprint density at radius 3 is 2.74 bits per heavy atom. The van der Waals surface area contributed by atoms with Gasteiger partial charge in [0.05, 0.1) is 6.04 Å². The second-order valence-corrected chi connectivity index (χ2v) is 7.47. The molecule has 1 aromatic rings. The largest absolute Gasteiger partial charge is 0.598 e. The van der Waals surface area contributed by atoms with E-state index >= 15 is 0 Å². The van der Waals surface area contributed by atoms with Crippen molar-refractivity contribution >= 4 is 23.0 Å². The zero-order valence-corrected chi connectivity index (χ0v) is 12.8. The van der Waals surface area contributed by atoms with Crippen LogP contribution in [0.1, 0.15) is 38.8 Å². The van der Waals surface area contributed by atoms with E-state index in [1.54, 1.807) is 6.08 Å². The molecular weight excluding hydrogens is 287 g/mol. The molecule has 106 valence electrons. The fraction of sp³-hybridized carbons (Fsp3) is 0.462. The first-order chi connectivity index (χ1) is 8.75. The van der Waals surface area contributed by atoms with E-state index in [0.717, 1.165) is 0 Å². The van der Waals surface area contributed by atoms with Gasteiger partial charge in [0.1, 0.15) is 4.75 Å². The molecule has 3 nitrogen and oxygen atoms in total. The summed E-state index contributed by atoms with van der Waals surface area (Å²) >= 11 is 4.29. The maximum atomic E-state index is 13.4. The third-order valence-corrected chi connectivity index (χ3v) is 4.32. The monoisotopic (exact) mass is 304 g/mol. The molecule has 0 aromatic carbocycles. The van der Waals surface area contributed by atoms with E-state index in [9.17, 15) is 8.94 Å². The smallest absolute Gasteiger partial charge is 0.164 e. The Labute approximate surface area is 121 Å². The van der Waals surface area contributed by atoms with Gasteiger partial charge in [-0.3, -0.25) is 0 Å². The van der Waals surface area contributed by atoms with Gasteiger partial charge in [-0.05, 0) is 38.8 Å². The van der Waals surface area contributed by atoms with Crippen LogP contribution < -0.4 is 4.72 Å². The highest BCUT2D eigenvalue weighted by Gasteiger charge is 2.29. The molecule has 0 amide bonds. The predicted octanol–water partition coefficient (Wildman–Crippen LogP) is 3.54. The molecule has 6 heteroatoms. The molecule has 0 radical (unpaired) electrons. The Morgan fingerprint density at radius 2 is 2.26 bits per heavy atom. The van der Waals surface area contributed by atoms with Crippen LogP contribution in [-0.4, -0.2) is 14.3 Å². The van der Waals surface area contributed by atoms with Gasteiger partial charge in [-0.2, -0.15) is 0 Å². The van der Waals surface area contributed by atoms with Crippen LogP contribution in [0, 0.1) is 5.82 Å². The lowest BCUT2D eigenvalue weighted by atomic mass is 10.1. The highest BCUT2D eigenvalue weighted by atomic mass is 35.5. The number of aromatic nitrogens is 1. The van der Waals surface area contributed by atoms with E-state index < -0.39 is 21.9 Å². The molecule has 1 aromatic heterocycles. The van der Waals surface area contributed by atoms with Crippen LogP contribution >= 0.6 is 11.6 Å². The zero-order valence-electron chi connectivity index (χ0n) is 11.2. The Morgan fingerprint density at radius 1 is 1.63 bits per heavy atom.